The summed E-state index contributed by atoms with van der Waals surface area (Å²) in [6.07, 6.45) is 3.91. The van der Waals surface area contributed by atoms with E-state index in [-0.39, 0.29) is 29.9 Å². The molecule has 0 radical (unpaired) electrons. The van der Waals surface area contributed by atoms with Crippen LogP contribution >= 0.6 is 24.0 Å². The van der Waals surface area contributed by atoms with Gasteiger partial charge in [0, 0.05) is 71.7 Å². The number of aliphatic imine (C=N–C) groups is 1. The molecule has 152 valence electrons. The fourth-order valence-corrected chi connectivity index (χ4v) is 2.66. The smallest absolute Gasteiger partial charge is 0.225 e. The van der Waals surface area contributed by atoms with E-state index in [9.17, 15) is 4.79 Å². The zero-order chi connectivity index (χ0) is 18.6. The van der Waals surface area contributed by atoms with Crippen molar-refractivity contribution in [3.05, 3.63) is 18.5 Å². The number of halogens is 1. The standard InChI is InChI=1S/C17H29N7O2.HI/c1-3-26-14-9-20-16(18-2)19-8-5-15(25)23-10-12-24(13-11-23)17-21-6-4-7-22-17;/h4,6-7H,3,5,8-14H2,1-2H3,(H2,18,19,20);1H. The fraction of sp³-hybridized carbons (Fsp3) is 0.647. The van der Waals surface area contributed by atoms with Gasteiger partial charge in [-0.3, -0.25) is 9.79 Å². The number of hydrogen-bond donors (Lipinski definition) is 2. The van der Waals surface area contributed by atoms with Gasteiger partial charge in [0.15, 0.2) is 5.96 Å². The number of hydrogen-bond acceptors (Lipinski definition) is 6. The Morgan fingerprint density at radius 2 is 1.85 bits per heavy atom. The van der Waals surface area contributed by atoms with Crippen LogP contribution in [0, 0.1) is 0 Å². The van der Waals surface area contributed by atoms with Crippen molar-refractivity contribution in [2.24, 2.45) is 4.99 Å². The molecule has 1 saturated heterocycles. The van der Waals surface area contributed by atoms with Crippen LogP contribution in [0.15, 0.2) is 23.5 Å². The van der Waals surface area contributed by atoms with Crippen molar-refractivity contribution < 1.29 is 9.53 Å². The van der Waals surface area contributed by atoms with Crippen LogP contribution in [-0.4, -0.2) is 86.3 Å². The Morgan fingerprint density at radius 3 is 2.48 bits per heavy atom. The predicted molar refractivity (Wildman–Crippen MR) is 117 cm³/mol. The van der Waals surface area contributed by atoms with E-state index >= 15 is 0 Å². The Kier molecular flexibility index (Phi) is 11.7. The molecule has 0 aliphatic carbocycles. The van der Waals surface area contributed by atoms with E-state index in [1.807, 2.05) is 11.8 Å². The van der Waals surface area contributed by atoms with E-state index in [4.69, 9.17) is 4.74 Å². The molecule has 9 nitrogen and oxygen atoms in total. The lowest BCUT2D eigenvalue weighted by Crippen LogP contribution is -2.50. The second-order valence-corrected chi connectivity index (χ2v) is 5.79. The number of piperazine rings is 1. The second kappa shape index (κ2) is 13.5. The number of anilines is 1. The number of rotatable bonds is 8. The van der Waals surface area contributed by atoms with Crippen molar-refractivity contribution >= 4 is 41.8 Å². The summed E-state index contributed by atoms with van der Waals surface area (Å²) in [6.45, 7) is 7.42. The molecule has 1 aliphatic heterocycles. The predicted octanol–water partition coefficient (Wildman–Crippen LogP) is 0.335. The lowest BCUT2D eigenvalue weighted by molar-refractivity contribution is -0.131. The second-order valence-electron chi connectivity index (χ2n) is 5.79. The average molecular weight is 491 g/mol. The van der Waals surface area contributed by atoms with Crippen LogP contribution in [-0.2, 0) is 9.53 Å². The first-order chi connectivity index (χ1) is 12.7. The highest BCUT2D eigenvalue weighted by atomic mass is 127. The highest BCUT2D eigenvalue weighted by molar-refractivity contribution is 14.0. The number of carbonyl (C=O) groups excluding carboxylic acids is 1. The summed E-state index contributed by atoms with van der Waals surface area (Å²) in [5, 5.41) is 6.31. The molecule has 0 saturated carbocycles. The van der Waals surface area contributed by atoms with E-state index in [2.05, 4.69) is 30.5 Å². The number of ether oxygens (including phenoxy) is 1. The third-order valence-electron chi connectivity index (χ3n) is 4.07. The molecule has 0 unspecified atom stereocenters. The van der Waals surface area contributed by atoms with Gasteiger partial charge in [0.25, 0.3) is 0 Å². The summed E-state index contributed by atoms with van der Waals surface area (Å²) >= 11 is 0. The Balaban J connectivity index is 0.00000364. The van der Waals surface area contributed by atoms with Crippen molar-refractivity contribution in [3.63, 3.8) is 0 Å². The van der Waals surface area contributed by atoms with Gasteiger partial charge in [-0.25, -0.2) is 9.97 Å². The van der Waals surface area contributed by atoms with E-state index < -0.39 is 0 Å². The Labute approximate surface area is 178 Å². The molecule has 0 bridgehead atoms. The van der Waals surface area contributed by atoms with Crippen LogP contribution in [0.5, 0.6) is 0 Å². The third-order valence-corrected chi connectivity index (χ3v) is 4.07. The number of nitrogens with one attached hydrogen (secondary N) is 2. The third kappa shape index (κ3) is 8.24. The SMILES string of the molecule is CCOCCNC(=NC)NCCC(=O)N1CCN(c2ncccn2)CC1.I. The molecule has 27 heavy (non-hydrogen) atoms. The number of guanidine groups is 1. The molecule has 10 heteroatoms. The molecule has 2 rings (SSSR count). The highest BCUT2D eigenvalue weighted by Crippen LogP contribution is 2.10. The van der Waals surface area contributed by atoms with E-state index in [1.165, 1.54) is 0 Å². The van der Waals surface area contributed by atoms with Crippen LogP contribution in [0.4, 0.5) is 5.95 Å². The quantitative estimate of drug-likeness (QED) is 0.234. The molecule has 0 spiro atoms. The summed E-state index contributed by atoms with van der Waals surface area (Å²) in [4.78, 5) is 29.0. The lowest BCUT2D eigenvalue weighted by atomic mass is 10.3. The first-order valence-corrected chi connectivity index (χ1v) is 9.06. The van der Waals surface area contributed by atoms with Gasteiger partial charge in [0.05, 0.1) is 6.61 Å². The van der Waals surface area contributed by atoms with Crippen molar-refractivity contribution in [1.29, 1.82) is 0 Å². The van der Waals surface area contributed by atoms with Crippen molar-refractivity contribution in [3.8, 4) is 0 Å². The monoisotopic (exact) mass is 491 g/mol. The fourth-order valence-electron chi connectivity index (χ4n) is 2.66. The summed E-state index contributed by atoms with van der Waals surface area (Å²) in [5.74, 6) is 1.56. The van der Waals surface area contributed by atoms with Gasteiger partial charge < -0.3 is 25.2 Å². The summed E-state index contributed by atoms with van der Waals surface area (Å²) < 4.78 is 5.27. The zero-order valence-electron chi connectivity index (χ0n) is 16.1. The Bertz CT molecular complexity index is 566. The molecule has 0 aromatic carbocycles. The molecule has 1 amide bonds. The first kappa shape index (κ1) is 23.3. The van der Waals surface area contributed by atoms with Crippen LogP contribution in [0.2, 0.25) is 0 Å². The average Bonchev–Trinajstić information content (AvgIpc) is 2.70. The Morgan fingerprint density at radius 1 is 1.19 bits per heavy atom. The maximum Gasteiger partial charge on any atom is 0.225 e. The summed E-state index contributed by atoms with van der Waals surface area (Å²) in [6, 6.07) is 1.80. The minimum atomic E-state index is 0. The van der Waals surface area contributed by atoms with Gasteiger partial charge in [-0.15, -0.1) is 24.0 Å². The van der Waals surface area contributed by atoms with Gasteiger partial charge in [-0.05, 0) is 13.0 Å². The highest BCUT2D eigenvalue weighted by Gasteiger charge is 2.22. The number of aromatic nitrogens is 2. The molecule has 1 aromatic heterocycles. The maximum absolute atomic E-state index is 12.4. The molecular formula is C17H30IN7O2. The van der Waals surface area contributed by atoms with Crippen LogP contribution < -0.4 is 15.5 Å². The van der Waals surface area contributed by atoms with Crippen molar-refractivity contribution in [2.45, 2.75) is 13.3 Å². The van der Waals surface area contributed by atoms with Crippen molar-refractivity contribution in [1.82, 2.24) is 25.5 Å². The lowest BCUT2D eigenvalue weighted by Gasteiger charge is -2.34. The van der Waals surface area contributed by atoms with Gasteiger partial charge in [0.2, 0.25) is 11.9 Å². The van der Waals surface area contributed by atoms with Crippen molar-refractivity contribution in [2.75, 3.05) is 64.4 Å². The number of carbonyl (C=O) groups is 1. The zero-order valence-corrected chi connectivity index (χ0v) is 18.4. The van der Waals surface area contributed by atoms with Gasteiger partial charge in [0.1, 0.15) is 0 Å². The normalized spacial score (nSPS) is 14.5. The van der Waals surface area contributed by atoms with E-state index in [0.29, 0.717) is 51.8 Å². The topological polar surface area (TPSA) is 95.0 Å². The first-order valence-electron chi connectivity index (χ1n) is 9.06. The Hall–Kier alpha value is -1.69. The number of amides is 1. The van der Waals surface area contributed by atoms with Gasteiger partial charge in [-0.1, -0.05) is 0 Å². The molecule has 2 N–H and O–H groups in total. The molecule has 1 fully saturated rings. The largest absolute Gasteiger partial charge is 0.380 e. The van der Waals surface area contributed by atoms with Crippen LogP contribution in [0.25, 0.3) is 0 Å². The van der Waals surface area contributed by atoms with E-state index in [0.717, 1.165) is 19.0 Å². The molecular weight excluding hydrogens is 461 g/mol. The number of nitrogens with zero attached hydrogens (tertiary/aromatic N) is 5. The molecule has 2 heterocycles. The molecule has 1 aromatic rings. The van der Waals surface area contributed by atoms with E-state index in [1.54, 1.807) is 25.5 Å². The minimum Gasteiger partial charge on any atom is -0.380 e. The summed E-state index contributed by atoms with van der Waals surface area (Å²) in [7, 11) is 1.71. The van der Waals surface area contributed by atoms with Gasteiger partial charge in [-0.2, -0.15) is 0 Å². The minimum absolute atomic E-state index is 0. The van der Waals surface area contributed by atoms with Crippen LogP contribution in [0.3, 0.4) is 0 Å². The van der Waals surface area contributed by atoms with Crippen LogP contribution in [0.1, 0.15) is 13.3 Å². The maximum atomic E-state index is 12.4. The molecule has 0 atom stereocenters. The summed E-state index contributed by atoms with van der Waals surface area (Å²) in [5.41, 5.74) is 0. The molecule has 1 aliphatic rings. The van der Waals surface area contributed by atoms with Gasteiger partial charge >= 0.3 is 0 Å².